The summed E-state index contributed by atoms with van der Waals surface area (Å²) < 4.78 is 66.4. The van der Waals surface area contributed by atoms with Gasteiger partial charge in [-0.25, -0.2) is 22.0 Å². The van der Waals surface area contributed by atoms with Crippen molar-refractivity contribution < 1.29 is 22.0 Å². The molecular weight excluding hydrogens is 279 g/mol. The number of fused-ring (bicyclic) bond motifs is 1. The standard InChI is InChI=1S/C13H13F5N2/c14-9-8(10(15)12(17)13(18)11(9)16)5-20-3-6-1-19-2-7(6)4-20/h6-7,19H,1-5H2/t6-,7+. The Bertz CT molecular complexity index is 507. The van der Waals surface area contributed by atoms with Gasteiger partial charge in [0, 0.05) is 25.2 Å². The van der Waals surface area contributed by atoms with Crippen LogP contribution < -0.4 is 5.32 Å². The topological polar surface area (TPSA) is 15.3 Å². The first kappa shape index (κ1) is 13.8. The van der Waals surface area contributed by atoms with Gasteiger partial charge < -0.3 is 5.32 Å². The van der Waals surface area contributed by atoms with Gasteiger partial charge >= 0.3 is 0 Å². The van der Waals surface area contributed by atoms with E-state index < -0.39 is 34.6 Å². The van der Waals surface area contributed by atoms with E-state index in [1.807, 2.05) is 0 Å². The van der Waals surface area contributed by atoms with Gasteiger partial charge in [-0.05, 0) is 24.9 Å². The van der Waals surface area contributed by atoms with E-state index >= 15 is 0 Å². The molecule has 0 spiro atoms. The van der Waals surface area contributed by atoms with Crippen molar-refractivity contribution >= 4 is 0 Å². The maximum atomic E-state index is 13.6. The second kappa shape index (κ2) is 4.96. The van der Waals surface area contributed by atoms with Gasteiger partial charge in [-0.3, -0.25) is 4.90 Å². The van der Waals surface area contributed by atoms with Crippen molar-refractivity contribution in [3.8, 4) is 0 Å². The van der Waals surface area contributed by atoms with Crippen LogP contribution in [0.1, 0.15) is 5.56 Å². The SMILES string of the molecule is Fc1c(F)c(F)c(CN2C[C@H]3CNC[C@H]3C2)c(F)c1F. The van der Waals surface area contributed by atoms with E-state index in [9.17, 15) is 22.0 Å². The minimum absolute atomic E-state index is 0.251. The summed E-state index contributed by atoms with van der Waals surface area (Å²) in [6.45, 7) is 2.63. The van der Waals surface area contributed by atoms with E-state index in [0.29, 0.717) is 24.9 Å². The number of nitrogens with one attached hydrogen (secondary N) is 1. The molecule has 2 saturated heterocycles. The normalized spacial score (nSPS) is 26.2. The Kier molecular flexibility index (Phi) is 3.41. The maximum absolute atomic E-state index is 13.6. The van der Waals surface area contributed by atoms with Gasteiger partial charge in [0.2, 0.25) is 5.82 Å². The fraction of sp³-hybridized carbons (Fsp3) is 0.538. The zero-order valence-corrected chi connectivity index (χ0v) is 10.5. The van der Waals surface area contributed by atoms with Crippen molar-refractivity contribution in [3.05, 3.63) is 34.6 Å². The Labute approximate surface area is 112 Å². The number of rotatable bonds is 2. The van der Waals surface area contributed by atoms with Crippen LogP contribution in [-0.2, 0) is 6.54 Å². The third-order valence-corrected chi connectivity index (χ3v) is 4.15. The molecule has 2 aliphatic rings. The highest BCUT2D eigenvalue weighted by Crippen LogP contribution is 2.30. The number of hydrogen-bond acceptors (Lipinski definition) is 2. The first-order chi connectivity index (χ1) is 9.49. The van der Waals surface area contributed by atoms with Crippen LogP contribution in [0.4, 0.5) is 22.0 Å². The van der Waals surface area contributed by atoms with E-state index in [0.717, 1.165) is 13.1 Å². The summed E-state index contributed by atoms with van der Waals surface area (Å²) in [4.78, 5) is 1.74. The van der Waals surface area contributed by atoms with Crippen molar-refractivity contribution in [3.63, 3.8) is 0 Å². The molecule has 3 rings (SSSR count). The lowest BCUT2D eigenvalue weighted by Gasteiger charge is -2.18. The summed E-state index contributed by atoms with van der Waals surface area (Å²) in [6.07, 6.45) is 0. The van der Waals surface area contributed by atoms with Gasteiger partial charge in [0.15, 0.2) is 23.3 Å². The summed E-state index contributed by atoms with van der Waals surface area (Å²) in [5.74, 6) is -8.54. The zero-order chi connectivity index (χ0) is 14.4. The smallest absolute Gasteiger partial charge is 0.200 e. The fourth-order valence-corrected chi connectivity index (χ4v) is 3.09. The summed E-state index contributed by atoms with van der Waals surface area (Å²) in [7, 11) is 0. The largest absolute Gasteiger partial charge is 0.316 e. The number of benzene rings is 1. The third kappa shape index (κ3) is 2.09. The van der Waals surface area contributed by atoms with Crippen molar-refractivity contribution in [2.75, 3.05) is 26.2 Å². The maximum Gasteiger partial charge on any atom is 0.200 e. The Morgan fingerprint density at radius 3 is 1.75 bits per heavy atom. The quantitative estimate of drug-likeness (QED) is 0.510. The average molecular weight is 292 g/mol. The molecule has 0 radical (unpaired) electrons. The molecule has 2 nitrogen and oxygen atoms in total. The van der Waals surface area contributed by atoms with Gasteiger partial charge in [-0.15, -0.1) is 0 Å². The lowest BCUT2D eigenvalue weighted by molar-refractivity contribution is 0.284. The molecule has 20 heavy (non-hydrogen) atoms. The molecule has 1 aromatic carbocycles. The summed E-state index contributed by atoms with van der Waals surface area (Å²) in [6, 6.07) is 0. The van der Waals surface area contributed by atoms with E-state index in [4.69, 9.17) is 0 Å². The van der Waals surface area contributed by atoms with Gasteiger partial charge in [0.05, 0.1) is 0 Å². The fourth-order valence-electron chi connectivity index (χ4n) is 3.09. The molecule has 0 unspecified atom stereocenters. The first-order valence-electron chi connectivity index (χ1n) is 6.42. The molecule has 7 heteroatoms. The number of halogens is 5. The third-order valence-electron chi connectivity index (χ3n) is 4.15. The van der Waals surface area contributed by atoms with Crippen LogP contribution in [0.15, 0.2) is 0 Å². The van der Waals surface area contributed by atoms with E-state index in [2.05, 4.69) is 5.32 Å². The van der Waals surface area contributed by atoms with Crippen LogP contribution in [0.3, 0.4) is 0 Å². The molecule has 2 fully saturated rings. The predicted octanol–water partition coefficient (Wildman–Crippen LogP) is 2.03. The van der Waals surface area contributed by atoms with E-state index in [-0.39, 0.29) is 6.54 Å². The van der Waals surface area contributed by atoms with Crippen LogP contribution in [0.5, 0.6) is 0 Å². The molecule has 1 aromatic rings. The Balaban J connectivity index is 1.85. The average Bonchev–Trinajstić information content (AvgIpc) is 3.00. The molecule has 0 aliphatic carbocycles. The highest BCUT2D eigenvalue weighted by atomic mass is 19.2. The number of likely N-dealkylation sites (tertiary alicyclic amines) is 1. The molecule has 0 aromatic heterocycles. The summed E-state index contributed by atoms with van der Waals surface area (Å²) in [5.41, 5.74) is -0.741. The van der Waals surface area contributed by atoms with Crippen molar-refractivity contribution in [1.82, 2.24) is 10.2 Å². The highest BCUT2D eigenvalue weighted by molar-refractivity contribution is 5.24. The van der Waals surface area contributed by atoms with Crippen LogP contribution in [0, 0.1) is 40.9 Å². The Morgan fingerprint density at radius 1 is 0.800 bits per heavy atom. The Hall–Kier alpha value is -1.21. The van der Waals surface area contributed by atoms with Crippen LogP contribution in [-0.4, -0.2) is 31.1 Å². The van der Waals surface area contributed by atoms with Gasteiger partial charge in [0.25, 0.3) is 0 Å². The molecule has 110 valence electrons. The highest BCUT2D eigenvalue weighted by Gasteiger charge is 2.37. The molecule has 0 saturated carbocycles. The number of nitrogens with zero attached hydrogens (tertiary/aromatic N) is 1. The van der Waals surface area contributed by atoms with Gasteiger partial charge in [-0.2, -0.15) is 0 Å². The molecule has 2 atom stereocenters. The summed E-state index contributed by atoms with van der Waals surface area (Å²) in [5, 5.41) is 3.21. The molecule has 0 bridgehead atoms. The van der Waals surface area contributed by atoms with Crippen molar-refractivity contribution in [2.45, 2.75) is 6.54 Å². The monoisotopic (exact) mass is 292 g/mol. The second-order valence-corrected chi connectivity index (χ2v) is 5.42. The minimum Gasteiger partial charge on any atom is -0.316 e. The molecular formula is C13H13F5N2. The molecule has 1 N–H and O–H groups in total. The van der Waals surface area contributed by atoms with Gasteiger partial charge in [-0.1, -0.05) is 0 Å². The van der Waals surface area contributed by atoms with Crippen LogP contribution >= 0.6 is 0 Å². The van der Waals surface area contributed by atoms with Crippen molar-refractivity contribution in [1.29, 1.82) is 0 Å². The Morgan fingerprint density at radius 2 is 1.25 bits per heavy atom. The minimum atomic E-state index is -2.11. The van der Waals surface area contributed by atoms with Crippen LogP contribution in [0.2, 0.25) is 0 Å². The molecule has 2 aliphatic heterocycles. The van der Waals surface area contributed by atoms with Crippen molar-refractivity contribution in [2.24, 2.45) is 11.8 Å². The van der Waals surface area contributed by atoms with E-state index in [1.54, 1.807) is 4.90 Å². The predicted molar refractivity (Wildman–Crippen MR) is 61.4 cm³/mol. The summed E-state index contributed by atoms with van der Waals surface area (Å²) >= 11 is 0. The molecule has 2 heterocycles. The first-order valence-corrected chi connectivity index (χ1v) is 6.42. The van der Waals surface area contributed by atoms with Crippen LogP contribution in [0.25, 0.3) is 0 Å². The molecule has 0 amide bonds. The lowest BCUT2D eigenvalue weighted by atomic mass is 10.0. The lowest BCUT2D eigenvalue weighted by Crippen LogP contribution is -2.27. The second-order valence-electron chi connectivity index (χ2n) is 5.42. The van der Waals surface area contributed by atoms with Gasteiger partial charge in [0.1, 0.15) is 0 Å². The van der Waals surface area contributed by atoms with E-state index in [1.165, 1.54) is 0 Å². The number of hydrogen-bond donors (Lipinski definition) is 1. The zero-order valence-electron chi connectivity index (χ0n) is 10.5.